The smallest absolute Gasteiger partial charge is 0.270 e. The van der Waals surface area contributed by atoms with Gasteiger partial charge in [-0.15, -0.1) is 0 Å². The zero-order valence-electron chi connectivity index (χ0n) is 13.3. The molecule has 1 rings (SSSR count). The van der Waals surface area contributed by atoms with Crippen LogP contribution in [0.25, 0.3) is 0 Å². The molecule has 0 aliphatic heterocycles. The van der Waals surface area contributed by atoms with Gasteiger partial charge in [0.2, 0.25) is 0 Å². The maximum absolute atomic E-state index is 12.3. The van der Waals surface area contributed by atoms with E-state index in [1.54, 1.807) is 13.0 Å². The number of rotatable bonds is 6. The van der Waals surface area contributed by atoms with E-state index in [0.717, 1.165) is 5.56 Å². The summed E-state index contributed by atoms with van der Waals surface area (Å²) in [5.74, 6) is 1.07. The molecule has 1 aromatic carbocycles. The molecule has 0 radical (unpaired) electrons. The van der Waals surface area contributed by atoms with Crippen LogP contribution in [0.15, 0.2) is 18.2 Å². The van der Waals surface area contributed by atoms with Crippen LogP contribution in [0, 0.1) is 34.8 Å². The van der Waals surface area contributed by atoms with Gasteiger partial charge in [-0.05, 0) is 30.2 Å². The molecule has 0 unspecified atom stereocenters. The number of hydrogen-bond acceptors (Lipinski definition) is 3. The van der Waals surface area contributed by atoms with E-state index < -0.39 is 4.92 Å². The maximum atomic E-state index is 12.3. The lowest BCUT2D eigenvalue weighted by Gasteiger charge is -2.25. The average Bonchev–Trinajstić information content (AvgIpc) is 2.37. The lowest BCUT2D eigenvalue weighted by atomic mass is 9.85. The molecule has 0 bridgehead atoms. The number of carbonyl (C=O) groups excluding carboxylic acids is 1. The summed E-state index contributed by atoms with van der Waals surface area (Å²) in [5, 5.41) is 13.7. The van der Waals surface area contributed by atoms with Gasteiger partial charge in [0.25, 0.3) is 11.6 Å². The predicted molar refractivity (Wildman–Crippen MR) is 83.3 cm³/mol. The molecule has 5 nitrogen and oxygen atoms in total. The number of non-ortho nitro benzene ring substituents is 1. The Labute approximate surface area is 125 Å². The SMILES string of the molecule is Cc1ccc([N+](=O)[O-])cc1C(=O)NCC(C(C)C)C(C)C. The zero-order valence-corrected chi connectivity index (χ0v) is 13.3. The fourth-order valence-corrected chi connectivity index (χ4v) is 2.52. The molecule has 1 aromatic rings. The quantitative estimate of drug-likeness (QED) is 0.643. The van der Waals surface area contributed by atoms with Crippen molar-refractivity contribution in [3.63, 3.8) is 0 Å². The van der Waals surface area contributed by atoms with Gasteiger partial charge in [0.05, 0.1) is 4.92 Å². The summed E-state index contributed by atoms with van der Waals surface area (Å²) in [6.07, 6.45) is 0. The fraction of sp³-hybridized carbons (Fsp3) is 0.562. The van der Waals surface area contributed by atoms with Crippen molar-refractivity contribution < 1.29 is 9.72 Å². The molecule has 0 aliphatic rings. The summed E-state index contributed by atoms with van der Waals surface area (Å²) in [6.45, 7) is 10.9. The van der Waals surface area contributed by atoms with Crippen LogP contribution in [0.5, 0.6) is 0 Å². The zero-order chi connectivity index (χ0) is 16.2. The Bertz CT molecular complexity index is 516. The monoisotopic (exact) mass is 292 g/mol. The van der Waals surface area contributed by atoms with Gasteiger partial charge in [-0.1, -0.05) is 33.8 Å². The molecule has 0 spiro atoms. The van der Waals surface area contributed by atoms with Gasteiger partial charge in [-0.25, -0.2) is 0 Å². The number of carbonyl (C=O) groups is 1. The molecular weight excluding hydrogens is 268 g/mol. The first kappa shape index (κ1) is 17.1. The standard InChI is InChI=1S/C16H24N2O3/c1-10(2)15(11(3)4)9-17-16(19)14-8-13(18(20)21)7-6-12(14)5/h6-8,10-11,15H,9H2,1-5H3,(H,17,19). The molecule has 116 valence electrons. The minimum absolute atomic E-state index is 0.0602. The summed E-state index contributed by atoms with van der Waals surface area (Å²) in [6, 6.07) is 4.36. The highest BCUT2D eigenvalue weighted by Gasteiger charge is 2.20. The molecule has 0 saturated carbocycles. The molecule has 0 heterocycles. The Morgan fingerprint density at radius 2 is 1.81 bits per heavy atom. The molecule has 0 aromatic heterocycles. The number of nitro groups is 1. The van der Waals surface area contributed by atoms with E-state index in [0.29, 0.717) is 29.9 Å². The van der Waals surface area contributed by atoms with Crippen molar-refractivity contribution in [3.8, 4) is 0 Å². The van der Waals surface area contributed by atoms with Crippen molar-refractivity contribution in [3.05, 3.63) is 39.4 Å². The van der Waals surface area contributed by atoms with Crippen LogP contribution in [0.1, 0.15) is 43.6 Å². The van der Waals surface area contributed by atoms with Crippen molar-refractivity contribution in [1.29, 1.82) is 0 Å². The van der Waals surface area contributed by atoms with Gasteiger partial charge < -0.3 is 5.32 Å². The fourth-order valence-electron chi connectivity index (χ4n) is 2.52. The van der Waals surface area contributed by atoms with Gasteiger partial charge >= 0.3 is 0 Å². The van der Waals surface area contributed by atoms with Gasteiger partial charge in [-0.3, -0.25) is 14.9 Å². The first-order valence-electron chi connectivity index (χ1n) is 7.27. The Hall–Kier alpha value is -1.91. The number of nitrogens with zero attached hydrogens (tertiary/aromatic N) is 1. The highest BCUT2D eigenvalue weighted by molar-refractivity contribution is 5.96. The van der Waals surface area contributed by atoms with E-state index in [1.165, 1.54) is 12.1 Å². The highest BCUT2D eigenvalue weighted by Crippen LogP contribution is 2.20. The molecule has 21 heavy (non-hydrogen) atoms. The van der Waals surface area contributed by atoms with E-state index in [-0.39, 0.29) is 11.6 Å². The van der Waals surface area contributed by atoms with Crippen LogP contribution in [-0.4, -0.2) is 17.4 Å². The van der Waals surface area contributed by atoms with Crippen LogP contribution in [0.4, 0.5) is 5.69 Å². The summed E-state index contributed by atoms with van der Waals surface area (Å²) < 4.78 is 0. The van der Waals surface area contributed by atoms with Crippen molar-refractivity contribution >= 4 is 11.6 Å². The first-order chi connectivity index (χ1) is 9.73. The third-order valence-electron chi connectivity index (χ3n) is 3.89. The summed E-state index contributed by atoms with van der Waals surface area (Å²) in [4.78, 5) is 22.6. The van der Waals surface area contributed by atoms with Gasteiger partial charge in [0, 0.05) is 24.2 Å². The topological polar surface area (TPSA) is 72.2 Å². The van der Waals surface area contributed by atoms with E-state index in [4.69, 9.17) is 0 Å². The Balaban J connectivity index is 2.84. The van der Waals surface area contributed by atoms with Crippen LogP contribution in [0.2, 0.25) is 0 Å². The van der Waals surface area contributed by atoms with Gasteiger partial charge in [0.15, 0.2) is 0 Å². The molecule has 0 aliphatic carbocycles. The number of hydrogen-bond donors (Lipinski definition) is 1. The maximum Gasteiger partial charge on any atom is 0.270 e. The van der Waals surface area contributed by atoms with E-state index in [1.807, 2.05) is 0 Å². The van der Waals surface area contributed by atoms with E-state index >= 15 is 0 Å². The van der Waals surface area contributed by atoms with E-state index in [9.17, 15) is 14.9 Å². The normalized spacial score (nSPS) is 11.2. The van der Waals surface area contributed by atoms with Crippen LogP contribution in [0.3, 0.4) is 0 Å². The minimum Gasteiger partial charge on any atom is -0.352 e. The number of aryl methyl sites for hydroxylation is 1. The Morgan fingerprint density at radius 3 is 2.29 bits per heavy atom. The number of nitro benzene ring substituents is 1. The largest absolute Gasteiger partial charge is 0.352 e. The van der Waals surface area contributed by atoms with E-state index in [2.05, 4.69) is 33.0 Å². The predicted octanol–water partition coefficient (Wildman–Crippen LogP) is 3.56. The first-order valence-corrected chi connectivity index (χ1v) is 7.27. The van der Waals surface area contributed by atoms with Crippen LogP contribution >= 0.6 is 0 Å². The number of nitrogens with one attached hydrogen (secondary N) is 1. The lowest BCUT2D eigenvalue weighted by Crippen LogP contribution is -2.34. The van der Waals surface area contributed by atoms with Crippen LogP contribution in [-0.2, 0) is 0 Å². The Kier molecular flexibility index (Phi) is 5.88. The molecule has 0 saturated heterocycles. The third-order valence-corrected chi connectivity index (χ3v) is 3.89. The van der Waals surface area contributed by atoms with Crippen LogP contribution < -0.4 is 5.32 Å². The number of amides is 1. The van der Waals surface area contributed by atoms with Gasteiger partial charge in [0.1, 0.15) is 0 Å². The second kappa shape index (κ2) is 7.20. The molecule has 1 N–H and O–H groups in total. The molecule has 1 amide bonds. The third kappa shape index (κ3) is 4.55. The molecule has 5 heteroatoms. The minimum atomic E-state index is -0.485. The highest BCUT2D eigenvalue weighted by atomic mass is 16.6. The van der Waals surface area contributed by atoms with Crippen molar-refractivity contribution in [1.82, 2.24) is 5.32 Å². The second-order valence-corrected chi connectivity index (χ2v) is 6.12. The Morgan fingerprint density at radius 1 is 1.24 bits per heavy atom. The average molecular weight is 292 g/mol. The van der Waals surface area contributed by atoms with Gasteiger partial charge in [-0.2, -0.15) is 0 Å². The van der Waals surface area contributed by atoms with Crippen molar-refractivity contribution in [2.24, 2.45) is 17.8 Å². The van der Waals surface area contributed by atoms with Crippen molar-refractivity contribution in [2.75, 3.05) is 6.54 Å². The lowest BCUT2D eigenvalue weighted by molar-refractivity contribution is -0.384. The molecule has 0 fully saturated rings. The summed E-state index contributed by atoms with van der Waals surface area (Å²) in [5.41, 5.74) is 1.05. The second-order valence-electron chi connectivity index (χ2n) is 6.12. The summed E-state index contributed by atoms with van der Waals surface area (Å²) >= 11 is 0. The van der Waals surface area contributed by atoms with Crippen molar-refractivity contribution in [2.45, 2.75) is 34.6 Å². The molecule has 0 atom stereocenters. The number of benzene rings is 1. The summed E-state index contributed by atoms with van der Waals surface area (Å²) in [7, 11) is 0. The molecular formula is C16H24N2O3.